The molecule has 0 amide bonds. The van der Waals surface area contributed by atoms with Gasteiger partial charge in [-0.15, -0.1) is 0 Å². The van der Waals surface area contributed by atoms with Gasteiger partial charge in [0.2, 0.25) is 5.95 Å². The van der Waals surface area contributed by atoms with Gasteiger partial charge in [0.25, 0.3) is 5.56 Å². The van der Waals surface area contributed by atoms with Gasteiger partial charge in [-0.05, 0) is 11.8 Å². The number of ether oxygens (including phenoxy) is 2. The molecule has 6 heterocycles. The minimum absolute atomic E-state index is 0.0433. The smallest absolute Gasteiger partial charge is 0.325 e. The second-order valence-corrected chi connectivity index (χ2v) is 12.2. The maximum Gasteiger partial charge on any atom is 0.325 e. The summed E-state index contributed by atoms with van der Waals surface area (Å²) in [7, 11) is 0. The lowest BCUT2D eigenvalue weighted by molar-refractivity contribution is -0.0509. The van der Waals surface area contributed by atoms with E-state index in [1.165, 1.54) is 10.7 Å². The fourth-order valence-electron chi connectivity index (χ4n) is 4.80. The Balaban J connectivity index is 1.19. The van der Waals surface area contributed by atoms with Gasteiger partial charge in [0.05, 0.1) is 31.4 Å². The predicted molar refractivity (Wildman–Crippen MR) is 139 cm³/mol. The quantitative estimate of drug-likeness (QED) is 0.120. The molecule has 0 radical (unpaired) electrons. The fraction of sp³-hybridized carbons (Fsp3) is 0.500. The number of nitrogens with one attached hydrogen (secondary N) is 1. The molecule has 2 aliphatic heterocycles. The number of nitrogen functional groups attached to an aromatic ring is 2. The molecule has 4 aromatic rings. The Morgan fingerprint density at radius 2 is 1.95 bits per heavy atom. The topological polar surface area (TPSA) is 256 Å². The molecule has 2 saturated heterocycles. The van der Waals surface area contributed by atoms with Gasteiger partial charge < -0.3 is 40.6 Å². The fourth-order valence-corrected chi connectivity index (χ4v) is 6.21. The molecule has 9 atom stereocenters. The number of halogens is 2. The van der Waals surface area contributed by atoms with Crippen molar-refractivity contribution in [3.63, 3.8) is 0 Å². The third-order valence-electron chi connectivity index (χ3n) is 6.79. The molecular weight excluding hydrogens is 609 g/mol. The van der Waals surface area contributed by atoms with Gasteiger partial charge in [0.15, 0.2) is 41.2 Å². The number of aliphatic hydroxyl groups is 2. The van der Waals surface area contributed by atoms with Gasteiger partial charge in [0.1, 0.15) is 36.8 Å². The molecule has 0 bridgehead atoms. The average Bonchev–Trinajstić information content (AvgIpc) is 3.69. The van der Waals surface area contributed by atoms with Crippen LogP contribution in [0.2, 0.25) is 0 Å². The summed E-state index contributed by atoms with van der Waals surface area (Å²) >= 11 is 5.06. The molecule has 1 unspecified atom stereocenters. The summed E-state index contributed by atoms with van der Waals surface area (Å²) in [5, 5.41) is 24.1. The SMILES string of the molecule is Nc1nc2c(ncn2[C@@H]2O[C@H](CO)[C@@H](F)[C@H]2OP(O)(=S)OC[C@H]2O[C@@H](c3cnc4c(N)ncnn34)[C@@H](F)[C@@H]2O)c(=O)[nH]1. The van der Waals surface area contributed by atoms with Crippen LogP contribution in [0.5, 0.6) is 0 Å². The van der Waals surface area contributed by atoms with Crippen LogP contribution in [0.15, 0.2) is 23.6 Å². The highest BCUT2D eigenvalue weighted by atomic mass is 32.5. The Morgan fingerprint density at radius 3 is 2.71 bits per heavy atom. The number of rotatable bonds is 8. The van der Waals surface area contributed by atoms with E-state index in [1.807, 2.05) is 0 Å². The summed E-state index contributed by atoms with van der Waals surface area (Å²) in [4.78, 5) is 41.0. The number of imidazole rings is 2. The number of hydrogen-bond acceptors (Lipinski definition) is 15. The van der Waals surface area contributed by atoms with Crippen LogP contribution in [0.3, 0.4) is 0 Å². The average molecular weight is 633 g/mol. The number of H-pyrrole nitrogens is 1. The maximum absolute atomic E-state index is 15.3. The first-order valence-corrected chi connectivity index (χ1v) is 14.8. The molecule has 42 heavy (non-hydrogen) atoms. The number of nitrogens with zero attached hydrogens (tertiary/aromatic N) is 7. The van der Waals surface area contributed by atoms with E-state index in [9.17, 15) is 19.9 Å². The Hall–Kier alpha value is -3.27. The number of fused-ring (bicyclic) bond motifs is 2. The summed E-state index contributed by atoms with van der Waals surface area (Å²) in [5.74, 6) is -0.211. The second kappa shape index (κ2) is 10.8. The second-order valence-electron chi connectivity index (χ2n) is 9.40. The Labute approximate surface area is 237 Å². The standard InChI is InChI=1S/C20H23F2N10O8PS/c21-9-7(2-33)39-19(31-5-27-11-16(31)29-20(24)30-18(11)35)14(9)40-41(36,42)37-3-8-12(34)10(22)13(38-8)6-1-25-17-15(23)26-4-28-32(6)17/h1,4-5,7-10,12-14,19,33-34H,2-3H2,(H,36,42)(H2,23,26,28)(H3,24,29,30,35)/t7-,8-,9-,10+,12-,13+,14-,19-,41?/m1/s1. The molecule has 22 heteroatoms. The van der Waals surface area contributed by atoms with Crippen LogP contribution in [-0.4, -0.2) is 104 Å². The largest absolute Gasteiger partial charge is 0.394 e. The van der Waals surface area contributed by atoms with Crippen LogP contribution in [0.1, 0.15) is 18.0 Å². The van der Waals surface area contributed by atoms with E-state index < -0.39 is 74.6 Å². The van der Waals surface area contributed by atoms with Gasteiger partial charge in [-0.25, -0.2) is 28.2 Å². The molecular formula is C20H23F2N10O8PS. The number of anilines is 2. The van der Waals surface area contributed by atoms with Crippen molar-refractivity contribution >= 4 is 47.1 Å². The number of aliphatic hydroxyl groups excluding tert-OH is 2. The molecule has 18 nitrogen and oxygen atoms in total. The molecule has 2 fully saturated rings. The monoisotopic (exact) mass is 632 g/mol. The molecule has 4 aromatic heterocycles. The molecule has 226 valence electrons. The van der Waals surface area contributed by atoms with E-state index in [0.717, 1.165) is 17.2 Å². The van der Waals surface area contributed by atoms with Crippen molar-refractivity contribution in [1.29, 1.82) is 0 Å². The van der Waals surface area contributed by atoms with Crippen molar-refractivity contribution in [3.8, 4) is 0 Å². The van der Waals surface area contributed by atoms with E-state index in [4.69, 9.17) is 41.8 Å². The van der Waals surface area contributed by atoms with Crippen LogP contribution in [0.4, 0.5) is 20.5 Å². The predicted octanol–water partition coefficient (Wildman–Crippen LogP) is -1.59. The normalized spacial score (nSPS) is 31.3. The van der Waals surface area contributed by atoms with Crippen LogP contribution >= 0.6 is 6.72 Å². The zero-order valence-corrected chi connectivity index (χ0v) is 22.8. The van der Waals surface area contributed by atoms with Gasteiger partial charge in [-0.3, -0.25) is 18.9 Å². The van der Waals surface area contributed by atoms with Crippen molar-refractivity contribution in [3.05, 3.63) is 34.9 Å². The summed E-state index contributed by atoms with van der Waals surface area (Å²) in [6.07, 6.45) is -9.41. The van der Waals surface area contributed by atoms with Gasteiger partial charge in [-0.1, -0.05) is 0 Å². The lowest BCUT2D eigenvalue weighted by Crippen LogP contribution is -2.33. The Kier molecular flexibility index (Phi) is 7.40. The maximum atomic E-state index is 15.3. The number of nitrogens with two attached hydrogens (primary N) is 2. The first-order valence-electron chi connectivity index (χ1n) is 12.2. The van der Waals surface area contributed by atoms with Gasteiger partial charge >= 0.3 is 6.72 Å². The van der Waals surface area contributed by atoms with Crippen molar-refractivity contribution in [1.82, 2.24) is 39.1 Å². The van der Waals surface area contributed by atoms with E-state index in [0.29, 0.717) is 0 Å². The van der Waals surface area contributed by atoms with Crippen molar-refractivity contribution in [2.24, 2.45) is 0 Å². The summed E-state index contributed by atoms with van der Waals surface area (Å²) in [6.45, 7) is -5.76. The number of aromatic amines is 1. The van der Waals surface area contributed by atoms with E-state index in [1.54, 1.807) is 0 Å². The minimum Gasteiger partial charge on any atom is -0.394 e. The summed E-state index contributed by atoms with van der Waals surface area (Å²) < 4.78 is 54.7. The molecule has 6 rings (SSSR count). The summed E-state index contributed by atoms with van der Waals surface area (Å²) in [6, 6.07) is 0. The third-order valence-corrected chi connectivity index (χ3v) is 8.35. The molecule has 2 aliphatic rings. The first-order chi connectivity index (χ1) is 20.0. The molecule has 0 spiro atoms. The molecule has 0 saturated carbocycles. The van der Waals surface area contributed by atoms with Crippen molar-refractivity contribution < 1.29 is 42.4 Å². The minimum atomic E-state index is -4.34. The zero-order valence-electron chi connectivity index (χ0n) is 21.0. The number of hydrogen-bond donors (Lipinski definition) is 6. The van der Waals surface area contributed by atoms with E-state index in [2.05, 4.69) is 30.0 Å². The number of alkyl halides is 2. The summed E-state index contributed by atoms with van der Waals surface area (Å²) in [5.41, 5.74) is 10.8. The lowest BCUT2D eigenvalue weighted by Gasteiger charge is -2.26. The van der Waals surface area contributed by atoms with Gasteiger partial charge in [0, 0.05) is 0 Å². The first kappa shape index (κ1) is 28.8. The van der Waals surface area contributed by atoms with Crippen LogP contribution in [-0.2, 0) is 30.3 Å². The zero-order chi connectivity index (χ0) is 29.9. The highest BCUT2D eigenvalue weighted by molar-refractivity contribution is 8.07. The highest BCUT2D eigenvalue weighted by Gasteiger charge is 2.51. The molecule has 8 N–H and O–H groups in total. The van der Waals surface area contributed by atoms with Crippen LogP contribution in [0.25, 0.3) is 16.8 Å². The van der Waals surface area contributed by atoms with Gasteiger partial charge in [-0.2, -0.15) is 10.1 Å². The molecule has 0 aromatic carbocycles. The lowest BCUT2D eigenvalue weighted by atomic mass is 10.1. The molecule has 0 aliphatic carbocycles. The van der Waals surface area contributed by atoms with E-state index >= 15 is 8.78 Å². The van der Waals surface area contributed by atoms with Crippen LogP contribution < -0.4 is 17.0 Å². The number of aromatic nitrogens is 8. The van der Waals surface area contributed by atoms with Crippen molar-refractivity contribution in [2.75, 3.05) is 24.7 Å². The van der Waals surface area contributed by atoms with Crippen molar-refractivity contribution in [2.45, 2.75) is 49.1 Å². The van der Waals surface area contributed by atoms with Crippen LogP contribution in [0, 0.1) is 0 Å². The highest BCUT2D eigenvalue weighted by Crippen LogP contribution is 2.51. The Bertz CT molecular complexity index is 1740. The third kappa shape index (κ3) is 4.91. The Morgan fingerprint density at radius 1 is 1.17 bits per heavy atom. The van der Waals surface area contributed by atoms with E-state index in [-0.39, 0.29) is 34.3 Å².